The third-order valence-corrected chi connectivity index (χ3v) is 5.76. The van der Waals surface area contributed by atoms with Gasteiger partial charge in [0, 0.05) is 38.1 Å². The van der Waals surface area contributed by atoms with E-state index in [0.717, 1.165) is 48.8 Å². The number of halogens is 1. The zero-order valence-corrected chi connectivity index (χ0v) is 17.6. The number of carbonyl (C=O) groups is 1. The summed E-state index contributed by atoms with van der Waals surface area (Å²) >= 11 is 6.36. The van der Waals surface area contributed by atoms with Crippen molar-refractivity contribution in [1.82, 2.24) is 30.4 Å². The van der Waals surface area contributed by atoms with Crippen molar-refractivity contribution < 1.29 is 4.79 Å². The Balaban J connectivity index is 1.90. The van der Waals surface area contributed by atoms with Gasteiger partial charge in [-0.3, -0.25) is 10.1 Å². The molecule has 0 saturated carbocycles. The van der Waals surface area contributed by atoms with Crippen molar-refractivity contribution in [3.05, 3.63) is 40.7 Å². The molecule has 152 valence electrons. The summed E-state index contributed by atoms with van der Waals surface area (Å²) in [6, 6.07) is 7.80. The molecule has 7 nitrogen and oxygen atoms in total. The average molecular weight is 405 g/mol. The summed E-state index contributed by atoms with van der Waals surface area (Å²) in [5, 5.41) is 17.0. The van der Waals surface area contributed by atoms with Gasteiger partial charge in [0.1, 0.15) is 0 Å². The first-order chi connectivity index (χ1) is 13.4. The number of likely N-dealkylation sites (tertiary alicyclic amines) is 1. The molecular formula is C20H29ClN6O. The Bertz CT molecular complexity index is 807. The number of tetrazole rings is 1. The highest BCUT2D eigenvalue weighted by atomic mass is 35.5. The van der Waals surface area contributed by atoms with Crippen LogP contribution in [0.2, 0.25) is 5.02 Å². The molecule has 0 radical (unpaired) electrons. The van der Waals surface area contributed by atoms with Crippen molar-refractivity contribution >= 4 is 17.5 Å². The van der Waals surface area contributed by atoms with Crippen LogP contribution >= 0.6 is 11.6 Å². The van der Waals surface area contributed by atoms with Crippen LogP contribution in [-0.2, 0) is 23.4 Å². The number of rotatable bonds is 7. The highest BCUT2D eigenvalue weighted by molar-refractivity contribution is 6.31. The smallest absolute Gasteiger partial charge is 0.219 e. The van der Waals surface area contributed by atoms with Gasteiger partial charge in [-0.1, -0.05) is 43.6 Å². The van der Waals surface area contributed by atoms with E-state index in [-0.39, 0.29) is 5.91 Å². The summed E-state index contributed by atoms with van der Waals surface area (Å²) in [7, 11) is 0. The van der Waals surface area contributed by atoms with E-state index in [0.29, 0.717) is 19.0 Å². The fourth-order valence-corrected chi connectivity index (χ4v) is 3.92. The molecule has 2 aromatic rings. The van der Waals surface area contributed by atoms with Crippen LogP contribution in [0, 0.1) is 5.92 Å². The summed E-state index contributed by atoms with van der Waals surface area (Å²) in [4.78, 5) is 14.0. The molecule has 0 aliphatic carbocycles. The Hall–Kier alpha value is -1.99. The van der Waals surface area contributed by atoms with E-state index >= 15 is 0 Å². The van der Waals surface area contributed by atoms with Crippen LogP contribution in [0.4, 0.5) is 0 Å². The van der Waals surface area contributed by atoms with Crippen LogP contribution in [0.15, 0.2) is 24.3 Å². The van der Waals surface area contributed by atoms with Crippen molar-refractivity contribution in [3.8, 4) is 0 Å². The quantitative estimate of drug-likeness (QED) is 0.767. The number of aryl methyl sites for hydroxylation is 1. The van der Waals surface area contributed by atoms with Crippen molar-refractivity contribution in [2.75, 3.05) is 13.1 Å². The van der Waals surface area contributed by atoms with Gasteiger partial charge < -0.3 is 4.90 Å². The SMILES string of the molecule is CC(=O)N1CCCC(NCc2ccccc2Cl)(c2nnnn2CCC(C)C)C1. The lowest BCUT2D eigenvalue weighted by atomic mass is 9.87. The second-order valence-electron chi connectivity index (χ2n) is 7.98. The topological polar surface area (TPSA) is 75.9 Å². The molecule has 0 spiro atoms. The fraction of sp³-hybridized carbons (Fsp3) is 0.600. The minimum Gasteiger partial charge on any atom is -0.341 e. The van der Waals surface area contributed by atoms with Gasteiger partial charge in [-0.05, 0) is 47.2 Å². The number of carbonyl (C=O) groups excluding carboxylic acids is 1. The van der Waals surface area contributed by atoms with E-state index in [9.17, 15) is 4.79 Å². The molecule has 1 fully saturated rings. The zero-order chi connectivity index (χ0) is 20.1. The predicted octanol–water partition coefficient (Wildman–Crippen LogP) is 3.00. The van der Waals surface area contributed by atoms with Crippen LogP contribution < -0.4 is 5.32 Å². The molecule has 1 amide bonds. The lowest BCUT2D eigenvalue weighted by molar-refractivity contribution is -0.131. The summed E-state index contributed by atoms with van der Waals surface area (Å²) in [5.74, 6) is 1.43. The average Bonchev–Trinajstić information content (AvgIpc) is 3.15. The van der Waals surface area contributed by atoms with E-state index in [4.69, 9.17) is 11.6 Å². The Morgan fingerprint density at radius 2 is 2.14 bits per heavy atom. The molecule has 2 heterocycles. The molecule has 1 aliphatic rings. The highest BCUT2D eigenvalue weighted by Gasteiger charge is 2.42. The Morgan fingerprint density at radius 3 is 2.86 bits per heavy atom. The molecule has 1 aliphatic heterocycles. The number of hydrogen-bond acceptors (Lipinski definition) is 5. The van der Waals surface area contributed by atoms with Gasteiger partial charge >= 0.3 is 0 Å². The minimum absolute atomic E-state index is 0.0739. The number of piperidine rings is 1. The standard InChI is InChI=1S/C20H29ClN6O/c1-15(2)9-12-27-19(23-24-25-27)20(10-6-11-26(14-20)16(3)28)22-13-17-7-4-5-8-18(17)21/h4-5,7-8,15,22H,6,9-14H2,1-3H3. The first kappa shape index (κ1) is 20.7. The van der Waals surface area contributed by atoms with E-state index in [1.54, 1.807) is 6.92 Å². The molecule has 1 aromatic heterocycles. The Morgan fingerprint density at radius 1 is 1.36 bits per heavy atom. The van der Waals surface area contributed by atoms with Gasteiger partial charge in [0.05, 0.1) is 5.54 Å². The van der Waals surface area contributed by atoms with Gasteiger partial charge in [-0.2, -0.15) is 0 Å². The number of amides is 1. The van der Waals surface area contributed by atoms with Crippen molar-refractivity contribution in [2.24, 2.45) is 5.92 Å². The number of aromatic nitrogens is 4. The van der Waals surface area contributed by atoms with E-state index < -0.39 is 5.54 Å². The van der Waals surface area contributed by atoms with Gasteiger partial charge in [-0.15, -0.1) is 5.10 Å². The zero-order valence-electron chi connectivity index (χ0n) is 16.9. The molecule has 1 N–H and O–H groups in total. The van der Waals surface area contributed by atoms with Crippen molar-refractivity contribution in [3.63, 3.8) is 0 Å². The van der Waals surface area contributed by atoms with Crippen LogP contribution in [0.5, 0.6) is 0 Å². The summed E-state index contributed by atoms with van der Waals surface area (Å²) in [6.45, 7) is 8.65. The Labute approximate surface area is 171 Å². The minimum atomic E-state index is -0.496. The largest absolute Gasteiger partial charge is 0.341 e. The number of nitrogens with one attached hydrogen (secondary N) is 1. The summed E-state index contributed by atoms with van der Waals surface area (Å²) in [5.41, 5.74) is 0.522. The maximum absolute atomic E-state index is 12.1. The van der Waals surface area contributed by atoms with Crippen molar-refractivity contribution in [2.45, 2.75) is 58.7 Å². The first-order valence-electron chi connectivity index (χ1n) is 9.92. The maximum atomic E-state index is 12.1. The van der Waals surface area contributed by atoms with Crippen LogP contribution in [0.3, 0.4) is 0 Å². The normalized spacial score (nSPS) is 20.0. The Kier molecular flexibility index (Phi) is 6.67. The van der Waals surface area contributed by atoms with Crippen molar-refractivity contribution in [1.29, 1.82) is 0 Å². The van der Waals surface area contributed by atoms with E-state index in [2.05, 4.69) is 34.7 Å². The van der Waals surface area contributed by atoms with Crippen LogP contribution in [0.1, 0.15) is 51.4 Å². The monoisotopic (exact) mass is 404 g/mol. The third kappa shape index (κ3) is 4.70. The molecule has 1 saturated heterocycles. The van der Waals surface area contributed by atoms with E-state index in [1.807, 2.05) is 33.8 Å². The second kappa shape index (κ2) is 9.01. The van der Waals surface area contributed by atoms with Gasteiger partial charge in [-0.25, -0.2) is 4.68 Å². The molecule has 3 rings (SSSR count). The van der Waals surface area contributed by atoms with Gasteiger partial charge in [0.25, 0.3) is 0 Å². The van der Waals surface area contributed by atoms with Gasteiger partial charge in [0.2, 0.25) is 5.91 Å². The molecular weight excluding hydrogens is 376 g/mol. The maximum Gasteiger partial charge on any atom is 0.219 e. The molecule has 0 bridgehead atoms. The lowest BCUT2D eigenvalue weighted by Gasteiger charge is -2.42. The number of benzene rings is 1. The molecule has 1 unspecified atom stereocenters. The van der Waals surface area contributed by atoms with E-state index in [1.165, 1.54) is 0 Å². The molecule has 8 heteroatoms. The third-order valence-electron chi connectivity index (χ3n) is 5.39. The lowest BCUT2D eigenvalue weighted by Crippen LogP contribution is -2.56. The first-order valence-corrected chi connectivity index (χ1v) is 10.3. The fourth-order valence-electron chi connectivity index (χ4n) is 3.71. The highest BCUT2D eigenvalue weighted by Crippen LogP contribution is 2.31. The number of nitrogens with zero attached hydrogens (tertiary/aromatic N) is 5. The van der Waals surface area contributed by atoms with Crippen LogP contribution in [-0.4, -0.2) is 44.1 Å². The number of hydrogen-bond donors (Lipinski definition) is 1. The van der Waals surface area contributed by atoms with Crippen LogP contribution in [0.25, 0.3) is 0 Å². The summed E-state index contributed by atoms with van der Waals surface area (Å²) in [6.07, 6.45) is 2.75. The molecule has 1 atom stereocenters. The van der Waals surface area contributed by atoms with Gasteiger partial charge in [0.15, 0.2) is 5.82 Å². The molecule has 1 aromatic carbocycles. The molecule has 28 heavy (non-hydrogen) atoms. The second-order valence-corrected chi connectivity index (χ2v) is 8.39. The summed E-state index contributed by atoms with van der Waals surface area (Å²) < 4.78 is 1.89. The predicted molar refractivity (Wildman–Crippen MR) is 109 cm³/mol.